The molecule has 5 nitrogen and oxygen atoms in total. The smallest absolute Gasteiger partial charge is 0.243 e. The van der Waals surface area contributed by atoms with Crippen LogP contribution in [0.15, 0.2) is 4.52 Å². The zero-order valence-corrected chi connectivity index (χ0v) is 7.73. The molecule has 0 aromatic carbocycles. The number of nitrogens with zero attached hydrogens (tertiary/aromatic N) is 2. The first-order chi connectivity index (χ1) is 6.27. The van der Waals surface area contributed by atoms with Gasteiger partial charge in [-0.1, -0.05) is 18.5 Å². The molecule has 1 aromatic rings. The second-order valence-electron chi connectivity index (χ2n) is 2.92. The molecule has 0 unspecified atom stereocenters. The van der Waals surface area contributed by atoms with Crippen LogP contribution in [0.1, 0.15) is 37.5 Å². The molecule has 0 amide bonds. The first-order valence-corrected chi connectivity index (χ1v) is 4.46. The third kappa shape index (κ3) is 2.78. The molecule has 0 bridgehead atoms. The van der Waals surface area contributed by atoms with Crippen molar-refractivity contribution in [1.29, 1.82) is 0 Å². The maximum atomic E-state index is 8.62. The van der Waals surface area contributed by atoms with E-state index in [0.717, 1.165) is 12.8 Å². The Kier molecular flexibility index (Phi) is 3.85. The Balaban J connectivity index is 2.56. The van der Waals surface area contributed by atoms with Crippen molar-refractivity contribution < 1.29 is 9.63 Å². The molecule has 3 N–H and O–H groups in total. The highest BCUT2D eigenvalue weighted by Gasteiger charge is 2.12. The summed E-state index contributed by atoms with van der Waals surface area (Å²) in [6.07, 6.45) is 2.24. The lowest BCUT2D eigenvalue weighted by Gasteiger charge is -2.01. The summed E-state index contributed by atoms with van der Waals surface area (Å²) in [5.41, 5.74) is 5.76. The summed E-state index contributed by atoms with van der Waals surface area (Å²) in [6.45, 7) is 2.08. The van der Waals surface area contributed by atoms with Gasteiger partial charge in [0.15, 0.2) is 5.82 Å². The average Bonchev–Trinajstić information content (AvgIpc) is 2.54. The number of hydrogen-bond donors (Lipinski definition) is 2. The van der Waals surface area contributed by atoms with Crippen LogP contribution >= 0.6 is 0 Å². The van der Waals surface area contributed by atoms with E-state index in [1.807, 2.05) is 6.92 Å². The molecular formula is C8H15N3O2. The van der Waals surface area contributed by atoms with Crippen molar-refractivity contribution in [3.8, 4) is 0 Å². The molecule has 1 rings (SSSR count). The number of hydrogen-bond acceptors (Lipinski definition) is 5. The van der Waals surface area contributed by atoms with Gasteiger partial charge in [0, 0.05) is 6.42 Å². The van der Waals surface area contributed by atoms with Crippen molar-refractivity contribution in [2.24, 2.45) is 5.73 Å². The van der Waals surface area contributed by atoms with Crippen LogP contribution in [0.4, 0.5) is 0 Å². The van der Waals surface area contributed by atoms with Gasteiger partial charge in [-0.15, -0.1) is 0 Å². The molecule has 0 aliphatic carbocycles. The monoisotopic (exact) mass is 185 g/mol. The van der Waals surface area contributed by atoms with E-state index in [0.29, 0.717) is 18.1 Å². The highest BCUT2D eigenvalue weighted by molar-refractivity contribution is 4.91. The molecule has 0 aliphatic rings. The fourth-order valence-electron chi connectivity index (χ4n) is 1.05. The Labute approximate surface area is 76.9 Å². The van der Waals surface area contributed by atoms with Gasteiger partial charge in [0.2, 0.25) is 5.89 Å². The minimum absolute atomic E-state index is 0.0298. The Bertz CT molecular complexity index is 249. The van der Waals surface area contributed by atoms with Crippen molar-refractivity contribution >= 4 is 0 Å². The van der Waals surface area contributed by atoms with E-state index in [2.05, 4.69) is 10.1 Å². The SMILES string of the molecule is CCC[C@H](N)c1nc(CCO)no1. The van der Waals surface area contributed by atoms with E-state index in [-0.39, 0.29) is 12.6 Å². The largest absolute Gasteiger partial charge is 0.396 e. The first-order valence-electron chi connectivity index (χ1n) is 4.46. The van der Waals surface area contributed by atoms with Crippen molar-refractivity contribution in [3.63, 3.8) is 0 Å². The van der Waals surface area contributed by atoms with Gasteiger partial charge in [-0.25, -0.2) is 0 Å². The molecule has 13 heavy (non-hydrogen) atoms. The van der Waals surface area contributed by atoms with Crippen molar-refractivity contribution in [2.45, 2.75) is 32.2 Å². The molecule has 0 radical (unpaired) electrons. The molecule has 5 heteroatoms. The minimum atomic E-state index is -0.176. The van der Waals surface area contributed by atoms with E-state index in [9.17, 15) is 0 Å². The van der Waals surface area contributed by atoms with E-state index >= 15 is 0 Å². The predicted octanol–water partition coefficient (Wildman–Crippen LogP) is 0.404. The van der Waals surface area contributed by atoms with E-state index in [1.54, 1.807) is 0 Å². The number of aliphatic hydroxyl groups is 1. The first kappa shape index (κ1) is 10.1. The number of rotatable bonds is 5. The topological polar surface area (TPSA) is 85.2 Å². The lowest BCUT2D eigenvalue weighted by Crippen LogP contribution is -2.10. The summed E-state index contributed by atoms with van der Waals surface area (Å²) in [5.74, 6) is 0.981. The predicted molar refractivity (Wildman–Crippen MR) is 46.9 cm³/mol. The van der Waals surface area contributed by atoms with Gasteiger partial charge in [0.25, 0.3) is 0 Å². The lowest BCUT2D eigenvalue weighted by molar-refractivity contribution is 0.292. The number of nitrogens with two attached hydrogens (primary N) is 1. The van der Waals surface area contributed by atoms with Gasteiger partial charge in [-0.3, -0.25) is 0 Å². The van der Waals surface area contributed by atoms with Crippen molar-refractivity contribution in [1.82, 2.24) is 10.1 Å². The Morgan fingerprint density at radius 3 is 3.00 bits per heavy atom. The van der Waals surface area contributed by atoms with Crippen LogP contribution in [-0.2, 0) is 6.42 Å². The van der Waals surface area contributed by atoms with E-state index in [4.69, 9.17) is 15.4 Å². The quantitative estimate of drug-likeness (QED) is 0.693. The van der Waals surface area contributed by atoms with Gasteiger partial charge >= 0.3 is 0 Å². The van der Waals surface area contributed by atoms with Gasteiger partial charge in [-0.2, -0.15) is 4.98 Å². The van der Waals surface area contributed by atoms with Crippen LogP contribution in [0, 0.1) is 0 Å². The molecule has 74 valence electrons. The Morgan fingerprint density at radius 2 is 2.38 bits per heavy atom. The van der Waals surface area contributed by atoms with Crippen LogP contribution in [0.2, 0.25) is 0 Å². The van der Waals surface area contributed by atoms with Gasteiger partial charge < -0.3 is 15.4 Å². The molecule has 1 heterocycles. The van der Waals surface area contributed by atoms with Crippen LogP contribution < -0.4 is 5.73 Å². The molecule has 0 saturated heterocycles. The fraction of sp³-hybridized carbons (Fsp3) is 0.750. The highest BCUT2D eigenvalue weighted by Crippen LogP contribution is 2.12. The average molecular weight is 185 g/mol. The summed E-state index contributed by atoms with van der Waals surface area (Å²) in [5, 5.41) is 12.3. The summed E-state index contributed by atoms with van der Waals surface area (Å²) >= 11 is 0. The minimum Gasteiger partial charge on any atom is -0.396 e. The highest BCUT2D eigenvalue weighted by atomic mass is 16.5. The van der Waals surface area contributed by atoms with Gasteiger partial charge in [0.05, 0.1) is 12.6 Å². The Morgan fingerprint density at radius 1 is 1.62 bits per heavy atom. The van der Waals surface area contributed by atoms with Crippen molar-refractivity contribution in [3.05, 3.63) is 11.7 Å². The normalized spacial score (nSPS) is 13.2. The van der Waals surface area contributed by atoms with Crippen LogP contribution in [0.25, 0.3) is 0 Å². The Hall–Kier alpha value is -0.940. The molecule has 0 aliphatic heterocycles. The second kappa shape index (κ2) is 4.94. The third-order valence-electron chi connectivity index (χ3n) is 1.74. The maximum absolute atomic E-state index is 8.62. The number of aromatic nitrogens is 2. The third-order valence-corrected chi connectivity index (χ3v) is 1.74. The summed E-state index contributed by atoms with van der Waals surface area (Å²) in [6, 6.07) is -0.176. The zero-order chi connectivity index (χ0) is 9.68. The summed E-state index contributed by atoms with van der Waals surface area (Å²) in [7, 11) is 0. The summed E-state index contributed by atoms with van der Waals surface area (Å²) < 4.78 is 4.93. The van der Waals surface area contributed by atoms with Crippen molar-refractivity contribution in [2.75, 3.05) is 6.61 Å². The molecule has 0 fully saturated rings. The van der Waals surface area contributed by atoms with Crippen LogP contribution in [-0.4, -0.2) is 21.9 Å². The second-order valence-corrected chi connectivity index (χ2v) is 2.92. The van der Waals surface area contributed by atoms with E-state index in [1.165, 1.54) is 0 Å². The molecule has 1 aromatic heterocycles. The van der Waals surface area contributed by atoms with Crippen LogP contribution in [0.5, 0.6) is 0 Å². The summed E-state index contributed by atoms with van der Waals surface area (Å²) in [4.78, 5) is 4.06. The fourth-order valence-corrected chi connectivity index (χ4v) is 1.05. The standard InChI is InChI=1S/C8H15N3O2/c1-2-3-6(9)8-10-7(4-5-12)11-13-8/h6,12H,2-5,9H2,1H3/t6-/m0/s1. The lowest BCUT2D eigenvalue weighted by atomic mass is 10.2. The zero-order valence-electron chi connectivity index (χ0n) is 7.73. The molecule has 1 atom stereocenters. The molecule has 0 spiro atoms. The van der Waals surface area contributed by atoms with Gasteiger partial charge in [-0.05, 0) is 6.42 Å². The number of aliphatic hydroxyl groups excluding tert-OH is 1. The van der Waals surface area contributed by atoms with E-state index < -0.39 is 0 Å². The maximum Gasteiger partial charge on any atom is 0.243 e. The van der Waals surface area contributed by atoms with Crippen LogP contribution in [0.3, 0.4) is 0 Å². The molecular weight excluding hydrogens is 170 g/mol. The van der Waals surface area contributed by atoms with Gasteiger partial charge in [0.1, 0.15) is 0 Å². The molecule has 0 saturated carbocycles.